The lowest BCUT2D eigenvalue weighted by atomic mass is 9.89. The summed E-state index contributed by atoms with van der Waals surface area (Å²) in [5.41, 5.74) is 7.92. The fourth-order valence-corrected chi connectivity index (χ4v) is 5.01. The Bertz CT molecular complexity index is 1050. The first kappa shape index (κ1) is 37.9. The Morgan fingerprint density at radius 2 is 1.67 bits per heavy atom. The lowest BCUT2D eigenvalue weighted by Crippen LogP contribution is -2.41. The third kappa shape index (κ3) is 17.6. The molecule has 2 aromatic carbocycles. The molecule has 4 N–H and O–H groups in total. The molecule has 7 nitrogen and oxygen atoms in total. The summed E-state index contributed by atoms with van der Waals surface area (Å²) in [5, 5.41) is 5.81. The minimum atomic E-state index is -0.307. The number of nitrogens with one attached hydrogen (secondary N) is 2. The molecule has 1 aliphatic carbocycles. The highest BCUT2D eigenvalue weighted by molar-refractivity contribution is 5.95. The predicted octanol–water partition coefficient (Wildman–Crippen LogP) is 6.15. The predicted molar refractivity (Wildman–Crippen MR) is 175 cm³/mol. The quantitative estimate of drug-likeness (QED) is 0.240. The number of nitrogens with zero attached hydrogens (tertiary/aromatic N) is 1. The molecule has 1 saturated carbocycles. The summed E-state index contributed by atoms with van der Waals surface area (Å²) in [6, 6.07) is 12.7. The fraction of sp³-hybridized carbons (Fsp3) is 0.571. The van der Waals surface area contributed by atoms with Crippen LogP contribution in [-0.2, 0) is 4.79 Å². The molecule has 1 fully saturated rings. The minimum Gasteiger partial charge on any atom is -0.356 e. The molecule has 2 unspecified atom stereocenters. The molecule has 2 amide bonds. The molecule has 0 bridgehead atoms. The molecule has 0 aliphatic heterocycles. The molecule has 2 atom stereocenters. The van der Waals surface area contributed by atoms with Crippen LogP contribution >= 0.6 is 0 Å². The molecular weight excluding hydrogens is 543 g/mol. The van der Waals surface area contributed by atoms with E-state index in [4.69, 9.17) is 5.73 Å². The van der Waals surface area contributed by atoms with Crippen molar-refractivity contribution >= 4 is 18.1 Å². The van der Waals surface area contributed by atoms with Gasteiger partial charge in [-0.3, -0.25) is 14.4 Å². The number of amides is 2. The third-order valence-electron chi connectivity index (χ3n) is 7.39. The number of carbonyl (C=O) groups is 3. The Hall–Kier alpha value is -3.10. The van der Waals surface area contributed by atoms with E-state index in [1.54, 1.807) is 24.3 Å². The summed E-state index contributed by atoms with van der Waals surface area (Å²) in [6.45, 7) is 11.7. The van der Waals surface area contributed by atoms with E-state index < -0.39 is 0 Å². The van der Waals surface area contributed by atoms with Crippen molar-refractivity contribution in [2.24, 2.45) is 17.6 Å². The fourth-order valence-electron chi connectivity index (χ4n) is 5.01. The second kappa shape index (κ2) is 22.4. The Balaban J connectivity index is 0.000000468. The highest BCUT2D eigenvalue weighted by Crippen LogP contribution is 2.22. The average molecular weight is 599 g/mol. The second-order valence-electron chi connectivity index (χ2n) is 11.7. The van der Waals surface area contributed by atoms with Crippen molar-refractivity contribution in [3.63, 3.8) is 0 Å². The number of halogens is 1. The number of aryl methyl sites for hydroxylation is 1. The first-order valence-electron chi connectivity index (χ1n) is 15.9. The molecule has 43 heavy (non-hydrogen) atoms. The van der Waals surface area contributed by atoms with Gasteiger partial charge in [0, 0.05) is 36.2 Å². The molecule has 8 heteroatoms. The number of aldehydes is 1. The van der Waals surface area contributed by atoms with Gasteiger partial charge in [-0.05, 0) is 94.9 Å². The monoisotopic (exact) mass is 598 g/mol. The highest BCUT2D eigenvalue weighted by atomic mass is 19.1. The lowest BCUT2D eigenvalue weighted by Gasteiger charge is -2.23. The van der Waals surface area contributed by atoms with Crippen molar-refractivity contribution in [1.29, 1.82) is 0 Å². The van der Waals surface area contributed by atoms with Crippen LogP contribution in [0.4, 0.5) is 4.39 Å². The standard InChI is InChI=1S/C21H31N3O3.C7H7F.C7H17N/c1-15(20(26)23-12-16-6-3-2-4-7-16)10-19(22)13-24-21(27)18-9-5-8-17(11-18)14-25;1-6-3-2-4-7(8)5-6;1-4-6-8(3)7-5-2/h5,8-9,11,14-16,19H,2-4,6-7,10,12-13,22H2,1H3,(H,23,26)(H,24,27);2-5H,1H3;4-7H2,1-3H3. The molecule has 1 aliphatic rings. The first-order valence-corrected chi connectivity index (χ1v) is 15.9. The zero-order valence-electron chi connectivity index (χ0n) is 27.0. The van der Waals surface area contributed by atoms with Crippen molar-refractivity contribution in [2.75, 3.05) is 33.2 Å². The van der Waals surface area contributed by atoms with Gasteiger partial charge in [0.25, 0.3) is 5.91 Å². The van der Waals surface area contributed by atoms with Gasteiger partial charge < -0.3 is 21.3 Å². The van der Waals surface area contributed by atoms with Gasteiger partial charge in [-0.25, -0.2) is 4.39 Å². The van der Waals surface area contributed by atoms with E-state index in [-0.39, 0.29) is 36.1 Å². The van der Waals surface area contributed by atoms with Crippen LogP contribution in [0.2, 0.25) is 0 Å². The van der Waals surface area contributed by atoms with Crippen LogP contribution in [0, 0.1) is 24.6 Å². The smallest absolute Gasteiger partial charge is 0.251 e. The summed E-state index contributed by atoms with van der Waals surface area (Å²) in [6.07, 6.45) is 9.99. The normalized spacial score (nSPS) is 14.3. The van der Waals surface area contributed by atoms with Crippen LogP contribution in [0.1, 0.15) is 98.4 Å². The van der Waals surface area contributed by atoms with Gasteiger partial charge >= 0.3 is 0 Å². The van der Waals surface area contributed by atoms with E-state index in [1.165, 1.54) is 76.2 Å². The van der Waals surface area contributed by atoms with Crippen LogP contribution in [0.25, 0.3) is 0 Å². The van der Waals surface area contributed by atoms with Crippen molar-refractivity contribution in [3.05, 3.63) is 71.0 Å². The zero-order chi connectivity index (χ0) is 32.0. The first-order chi connectivity index (χ1) is 20.6. The Morgan fingerprint density at radius 3 is 2.23 bits per heavy atom. The van der Waals surface area contributed by atoms with Crippen LogP contribution in [0.3, 0.4) is 0 Å². The summed E-state index contributed by atoms with van der Waals surface area (Å²) in [5.74, 6) is -0.00142. The molecule has 0 spiro atoms. The number of benzene rings is 2. The lowest BCUT2D eigenvalue weighted by molar-refractivity contribution is -0.125. The summed E-state index contributed by atoms with van der Waals surface area (Å²) in [4.78, 5) is 37.6. The van der Waals surface area contributed by atoms with Gasteiger partial charge in [0.1, 0.15) is 12.1 Å². The van der Waals surface area contributed by atoms with E-state index in [0.717, 1.165) is 12.1 Å². The van der Waals surface area contributed by atoms with Crippen LogP contribution in [-0.4, -0.2) is 62.3 Å². The molecule has 2 aromatic rings. The molecule has 0 aromatic heterocycles. The second-order valence-corrected chi connectivity index (χ2v) is 11.7. The maximum absolute atomic E-state index is 12.3. The van der Waals surface area contributed by atoms with Gasteiger partial charge in [-0.2, -0.15) is 0 Å². The SMILES string of the molecule is CC(CC(N)CNC(=O)c1cccc(C=O)c1)C(=O)NCC1CCCCC1.CCCN(C)CCC.Cc1cccc(F)c1. The molecular formula is C35H55FN4O3. The highest BCUT2D eigenvalue weighted by Gasteiger charge is 2.20. The van der Waals surface area contributed by atoms with Gasteiger partial charge in [-0.1, -0.05) is 64.3 Å². The number of hydrogen-bond acceptors (Lipinski definition) is 5. The van der Waals surface area contributed by atoms with Crippen molar-refractivity contribution in [1.82, 2.24) is 15.5 Å². The topological polar surface area (TPSA) is 105 Å². The number of rotatable bonds is 13. The molecule has 3 rings (SSSR count). The zero-order valence-corrected chi connectivity index (χ0v) is 27.0. The van der Waals surface area contributed by atoms with Crippen LogP contribution < -0.4 is 16.4 Å². The van der Waals surface area contributed by atoms with E-state index in [0.29, 0.717) is 29.8 Å². The van der Waals surface area contributed by atoms with Crippen LogP contribution in [0.5, 0.6) is 0 Å². The maximum atomic E-state index is 12.3. The Labute approximate surface area is 259 Å². The van der Waals surface area contributed by atoms with E-state index in [2.05, 4.69) is 36.4 Å². The molecule has 240 valence electrons. The molecule has 0 radical (unpaired) electrons. The van der Waals surface area contributed by atoms with Gasteiger partial charge in [-0.15, -0.1) is 0 Å². The van der Waals surface area contributed by atoms with E-state index in [9.17, 15) is 18.8 Å². The van der Waals surface area contributed by atoms with Crippen molar-refractivity contribution in [3.8, 4) is 0 Å². The van der Waals surface area contributed by atoms with Crippen molar-refractivity contribution < 1.29 is 18.8 Å². The number of hydrogen-bond donors (Lipinski definition) is 3. The van der Waals surface area contributed by atoms with Crippen LogP contribution in [0.15, 0.2) is 48.5 Å². The van der Waals surface area contributed by atoms with Gasteiger partial charge in [0.05, 0.1) is 0 Å². The van der Waals surface area contributed by atoms with E-state index in [1.807, 2.05) is 19.9 Å². The van der Waals surface area contributed by atoms with E-state index >= 15 is 0 Å². The summed E-state index contributed by atoms with van der Waals surface area (Å²) < 4.78 is 12.2. The maximum Gasteiger partial charge on any atom is 0.251 e. The summed E-state index contributed by atoms with van der Waals surface area (Å²) in [7, 11) is 2.17. The van der Waals surface area contributed by atoms with Crippen molar-refractivity contribution in [2.45, 2.75) is 85.1 Å². The summed E-state index contributed by atoms with van der Waals surface area (Å²) >= 11 is 0. The minimum absolute atomic E-state index is 0.0287. The van der Waals surface area contributed by atoms with Gasteiger partial charge in [0.15, 0.2) is 0 Å². The Morgan fingerprint density at radius 1 is 1.02 bits per heavy atom. The molecule has 0 saturated heterocycles. The van der Waals surface area contributed by atoms with Gasteiger partial charge in [0.2, 0.25) is 5.91 Å². The number of nitrogens with two attached hydrogens (primary N) is 1. The number of carbonyl (C=O) groups excluding carboxylic acids is 3. The third-order valence-corrected chi connectivity index (χ3v) is 7.39. The largest absolute Gasteiger partial charge is 0.356 e. The molecule has 0 heterocycles. The Kier molecular flexibility index (Phi) is 19.8. The average Bonchev–Trinajstić information content (AvgIpc) is 3.00.